The number of hydrogen-bond acceptors (Lipinski definition) is 5. The number of Topliss-reactive ketones (excluding diaryl/α,β-unsaturated/α-hetero) is 1. The lowest BCUT2D eigenvalue weighted by atomic mass is 9.78. The van der Waals surface area contributed by atoms with Crippen LogP contribution in [0.25, 0.3) is 0 Å². The summed E-state index contributed by atoms with van der Waals surface area (Å²) in [5, 5.41) is 6.61. The second-order valence-electron chi connectivity index (χ2n) is 6.41. The fourth-order valence-electron chi connectivity index (χ4n) is 2.86. The summed E-state index contributed by atoms with van der Waals surface area (Å²) < 4.78 is 0. The smallest absolute Gasteiger partial charge is 0.230 e. The summed E-state index contributed by atoms with van der Waals surface area (Å²) in [5.41, 5.74) is 0.811. The molecule has 2 heterocycles. The van der Waals surface area contributed by atoms with Crippen LogP contribution in [0.5, 0.6) is 0 Å². The molecule has 116 valence electrons. The van der Waals surface area contributed by atoms with E-state index in [4.69, 9.17) is 0 Å². The Morgan fingerprint density at radius 3 is 2.86 bits per heavy atom. The van der Waals surface area contributed by atoms with Gasteiger partial charge in [-0.2, -0.15) is 0 Å². The first-order chi connectivity index (χ1) is 9.44. The van der Waals surface area contributed by atoms with Crippen molar-refractivity contribution in [1.82, 2.24) is 10.3 Å². The summed E-state index contributed by atoms with van der Waals surface area (Å²) in [6, 6.07) is 0. The summed E-state index contributed by atoms with van der Waals surface area (Å²) in [6.07, 6.45) is 2.22. The van der Waals surface area contributed by atoms with Crippen LogP contribution in [0.15, 0.2) is 0 Å². The van der Waals surface area contributed by atoms with Gasteiger partial charge in [0.05, 0.1) is 16.5 Å². The maximum atomic E-state index is 12.1. The summed E-state index contributed by atoms with van der Waals surface area (Å²) in [4.78, 5) is 29.4. The lowest BCUT2D eigenvalue weighted by Crippen LogP contribution is -2.26. The zero-order valence-corrected chi connectivity index (χ0v) is 13.8. The number of nitrogens with one attached hydrogen (secondary N) is 2. The molecule has 1 fully saturated rings. The molecule has 3 rings (SSSR count). The third-order valence-electron chi connectivity index (χ3n) is 3.90. The van der Waals surface area contributed by atoms with E-state index in [9.17, 15) is 9.59 Å². The topological polar surface area (TPSA) is 71.1 Å². The van der Waals surface area contributed by atoms with E-state index in [-0.39, 0.29) is 35.4 Å². The number of anilines is 1. The first-order valence-corrected chi connectivity index (χ1v) is 7.81. The number of ketones is 1. The van der Waals surface area contributed by atoms with Gasteiger partial charge in [0, 0.05) is 13.0 Å². The summed E-state index contributed by atoms with van der Waals surface area (Å²) >= 11 is 1.32. The normalized spacial score (nSPS) is 23.3. The molecule has 0 spiro atoms. The predicted octanol–water partition coefficient (Wildman–Crippen LogP) is 2.27. The zero-order valence-electron chi connectivity index (χ0n) is 12.2. The first kappa shape index (κ1) is 16.4. The highest BCUT2D eigenvalue weighted by Gasteiger charge is 2.34. The molecule has 0 aromatic carbocycles. The van der Waals surface area contributed by atoms with Gasteiger partial charge in [-0.15, -0.1) is 12.4 Å². The zero-order chi connectivity index (χ0) is 14.3. The fraction of sp³-hybridized carbons (Fsp3) is 0.643. The van der Waals surface area contributed by atoms with Crippen molar-refractivity contribution in [2.45, 2.75) is 33.1 Å². The molecule has 7 heteroatoms. The van der Waals surface area contributed by atoms with Gasteiger partial charge < -0.3 is 10.6 Å². The van der Waals surface area contributed by atoms with Crippen molar-refractivity contribution in [1.29, 1.82) is 0 Å². The number of aromatic nitrogens is 1. The molecule has 1 aromatic rings. The third-order valence-corrected chi connectivity index (χ3v) is 4.95. The molecule has 2 N–H and O–H groups in total. The molecule has 1 saturated heterocycles. The van der Waals surface area contributed by atoms with Gasteiger partial charge in [-0.05, 0) is 24.8 Å². The highest BCUT2D eigenvalue weighted by Crippen LogP contribution is 2.38. The number of halogens is 1. The molecule has 0 saturated carbocycles. The molecule has 1 aliphatic carbocycles. The SMILES string of the molecule is CC1(C)CC(=O)c2sc(NC(=O)C3CCNC3)nc2C1.Cl. The van der Waals surface area contributed by atoms with Crippen molar-refractivity contribution in [2.24, 2.45) is 11.3 Å². The van der Waals surface area contributed by atoms with Crippen molar-refractivity contribution < 1.29 is 9.59 Å². The van der Waals surface area contributed by atoms with Gasteiger partial charge in [0.1, 0.15) is 0 Å². The quantitative estimate of drug-likeness (QED) is 0.873. The van der Waals surface area contributed by atoms with E-state index >= 15 is 0 Å². The van der Waals surface area contributed by atoms with E-state index in [1.807, 2.05) is 0 Å². The molecular weight excluding hydrogens is 310 g/mol. The van der Waals surface area contributed by atoms with Crippen LogP contribution in [0.3, 0.4) is 0 Å². The average molecular weight is 330 g/mol. The number of hydrogen-bond donors (Lipinski definition) is 2. The minimum atomic E-state index is -0.0329. The second-order valence-corrected chi connectivity index (χ2v) is 7.41. The molecule has 1 amide bonds. The van der Waals surface area contributed by atoms with Crippen LogP contribution < -0.4 is 10.6 Å². The fourth-order valence-corrected chi connectivity index (χ4v) is 3.78. The summed E-state index contributed by atoms with van der Waals surface area (Å²) in [7, 11) is 0. The number of fused-ring (bicyclic) bond motifs is 1. The number of rotatable bonds is 2. The van der Waals surface area contributed by atoms with Crippen molar-refractivity contribution in [3.8, 4) is 0 Å². The molecule has 5 nitrogen and oxygen atoms in total. The Morgan fingerprint density at radius 2 is 2.19 bits per heavy atom. The molecule has 1 atom stereocenters. The van der Waals surface area contributed by atoms with Crippen LogP contribution in [0.2, 0.25) is 0 Å². The molecule has 0 bridgehead atoms. The molecule has 0 radical (unpaired) electrons. The van der Waals surface area contributed by atoms with Crippen LogP contribution in [-0.2, 0) is 11.2 Å². The van der Waals surface area contributed by atoms with Crippen LogP contribution in [0, 0.1) is 11.3 Å². The summed E-state index contributed by atoms with van der Waals surface area (Å²) in [6.45, 7) is 5.77. The maximum absolute atomic E-state index is 12.1. The minimum Gasteiger partial charge on any atom is -0.316 e. The van der Waals surface area contributed by atoms with Crippen LogP contribution in [0.1, 0.15) is 42.1 Å². The van der Waals surface area contributed by atoms with E-state index in [0.717, 1.165) is 36.5 Å². The highest BCUT2D eigenvalue weighted by molar-refractivity contribution is 7.17. The Bertz CT molecular complexity index is 565. The monoisotopic (exact) mass is 329 g/mol. The van der Waals surface area contributed by atoms with Gasteiger partial charge in [0.25, 0.3) is 0 Å². The molecule has 2 aliphatic rings. The first-order valence-electron chi connectivity index (χ1n) is 6.99. The number of carbonyl (C=O) groups is 2. The number of carbonyl (C=O) groups excluding carboxylic acids is 2. The Labute approximate surface area is 134 Å². The molecule has 21 heavy (non-hydrogen) atoms. The van der Waals surface area contributed by atoms with Crippen molar-refractivity contribution in [3.05, 3.63) is 10.6 Å². The predicted molar refractivity (Wildman–Crippen MR) is 85.4 cm³/mol. The van der Waals surface area contributed by atoms with Gasteiger partial charge in [-0.3, -0.25) is 9.59 Å². The van der Waals surface area contributed by atoms with Crippen LogP contribution in [0.4, 0.5) is 5.13 Å². The van der Waals surface area contributed by atoms with E-state index in [1.54, 1.807) is 0 Å². The second kappa shape index (κ2) is 6.02. The molecule has 1 aliphatic heterocycles. The van der Waals surface area contributed by atoms with Crippen molar-refractivity contribution in [2.75, 3.05) is 18.4 Å². The standard InChI is InChI=1S/C14H19N3O2S.ClH/c1-14(2)5-9-11(10(18)6-14)20-13(16-9)17-12(19)8-3-4-15-7-8;/h8,15H,3-7H2,1-2H3,(H,16,17,19);1H. The maximum Gasteiger partial charge on any atom is 0.230 e. The largest absolute Gasteiger partial charge is 0.316 e. The number of nitrogens with zero attached hydrogens (tertiary/aromatic N) is 1. The van der Waals surface area contributed by atoms with E-state index < -0.39 is 0 Å². The Morgan fingerprint density at radius 1 is 1.43 bits per heavy atom. The molecule has 1 unspecified atom stereocenters. The molecular formula is C14H20ClN3O2S. The highest BCUT2D eigenvalue weighted by atomic mass is 35.5. The lowest BCUT2D eigenvalue weighted by molar-refractivity contribution is -0.119. The van der Waals surface area contributed by atoms with Crippen molar-refractivity contribution >= 4 is 40.6 Å². The van der Waals surface area contributed by atoms with Gasteiger partial charge in [-0.25, -0.2) is 4.98 Å². The van der Waals surface area contributed by atoms with E-state index in [1.165, 1.54) is 11.3 Å². The minimum absolute atomic E-state index is 0. The van der Waals surface area contributed by atoms with Gasteiger partial charge in [0.2, 0.25) is 5.91 Å². The summed E-state index contributed by atoms with van der Waals surface area (Å²) in [5.74, 6) is 0.174. The van der Waals surface area contributed by atoms with Crippen molar-refractivity contribution in [3.63, 3.8) is 0 Å². The van der Waals surface area contributed by atoms with Gasteiger partial charge in [-0.1, -0.05) is 25.2 Å². The number of thiazole rings is 1. The van der Waals surface area contributed by atoms with E-state index in [2.05, 4.69) is 29.5 Å². The van der Waals surface area contributed by atoms with Gasteiger partial charge >= 0.3 is 0 Å². The molecule has 1 aromatic heterocycles. The van der Waals surface area contributed by atoms with Crippen LogP contribution >= 0.6 is 23.7 Å². The number of amides is 1. The van der Waals surface area contributed by atoms with Crippen LogP contribution in [-0.4, -0.2) is 29.8 Å². The third kappa shape index (κ3) is 3.44. The van der Waals surface area contributed by atoms with E-state index in [0.29, 0.717) is 11.6 Å². The average Bonchev–Trinajstić information content (AvgIpc) is 2.95. The Kier molecular flexibility index (Phi) is 4.70. The Hall–Kier alpha value is -0.980. The lowest BCUT2D eigenvalue weighted by Gasteiger charge is -2.26. The Balaban J connectivity index is 0.00000161. The van der Waals surface area contributed by atoms with Gasteiger partial charge in [0.15, 0.2) is 10.9 Å².